The van der Waals surface area contributed by atoms with Gasteiger partial charge in [0, 0.05) is 7.11 Å². The monoisotopic (exact) mass is 344 g/mol. The van der Waals surface area contributed by atoms with Crippen molar-refractivity contribution in [2.75, 3.05) is 20.8 Å². The highest BCUT2D eigenvalue weighted by Gasteiger charge is 2.13. The summed E-state index contributed by atoms with van der Waals surface area (Å²) in [5.74, 6) is 0.763. The van der Waals surface area contributed by atoms with Gasteiger partial charge < -0.3 is 20.1 Å². The van der Waals surface area contributed by atoms with Crippen LogP contribution in [0.15, 0.2) is 22.7 Å². The van der Waals surface area contributed by atoms with Crippen molar-refractivity contribution in [3.63, 3.8) is 0 Å². The maximum Gasteiger partial charge on any atom is 0.315 e. The molecule has 0 aliphatic heterocycles. The summed E-state index contributed by atoms with van der Waals surface area (Å²) in [5, 5.41) is 5.69. The Bertz CT molecular complexity index is 454. The number of amides is 2. The van der Waals surface area contributed by atoms with Crippen molar-refractivity contribution < 1.29 is 14.3 Å². The van der Waals surface area contributed by atoms with Crippen molar-refractivity contribution in [1.29, 1.82) is 0 Å². The van der Waals surface area contributed by atoms with Crippen LogP contribution in [0.3, 0.4) is 0 Å². The van der Waals surface area contributed by atoms with Gasteiger partial charge in [0.2, 0.25) is 0 Å². The molecule has 0 bridgehead atoms. The summed E-state index contributed by atoms with van der Waals surface area (Å²) in [5.41, 5.74) is 0.993. The van der Waals surface area contributed by atoms with E-state index >= 15 is 0 Å². The molecule has 1 rings (SSSR count). The molecule has 1 aromatic carbocycles. The van der Waals surface area contributed by atoms with E-state index in [1.165, 1.54) is 0 Å². The van der Waals surface area contributed by atoms with Crippen molar-refractivity contribution in [3.8, 4) is 5.75 Å². The van der Waals surface area contributed by atoms with Gasteiger partial charge in [0.1, 0.15) is 5.75 Å². The minimum Gasteiger partial charge on any atom is -0.496 e. The van der Waals surface area contributed by atoms with E-state index in [0.29, 0.717) is 6.61 Å². The Morgan fingerprint density at radius 3 is 2.55 bits per heavy atom. The number of hydrogen-bond acceptors (Lipinski definition) is 3. The SMILES string of the molecule is COCC(C)NC(=O)NC(C)c1ccc(OC)c(Br)c1. The standard InChI is InChI=1S/C14H21BrN2O3/c1-9(8-19-3)16-14(18)17-10(2)11-5-6-13(20-4)12(15)7-11/h5-7,9-10H,8H2,1-4H3,(H2,16,17,18). The quantitative estimate of drug-likeness (QED) is 0.834. The Morgan fingerprint density at radius 2 is 2.00 bits per heavy atom. The van der Waals surface area contributed by atoms with Crippen LogP contribution in [0.25, 0.3) is 0 Å². The van der Waals surface area contributed by atoms with Gasteiger partial charge in [-0.25, -0.2) is 4.79 Å². The number of carbonyl (C=O) groups excluding carboxylic acids is 1. The number of nitrogens with one attached hydrogen (secondary N) is 2. The Hall–Kier alpha value is -1.27. The molecule has 6 heteroatoms. The topological polar surface area (TPSA) is 59.6 Å². The second-order valence-corrected chi connectivity index (χ2v) is 5.44. The van der Waals surface area contributed by atoms with Crippen LogP contribution in [0.1, 0.15) is 25.5 Å². The van der Waals surface area contributed by atoms with Crippen LogP contribution in [0, 0.1) is 0 Å². The van der Waals surface area contributed by atoms with E-state index in [2.05, 4.69) is 26.6 Å². The van der Waals surface area contributed by atoms with E-state index in [1.54, 1.807) is 14.2 Å². The second-order valence-electron chi connectivity index (χ2n) is 4.59. The predicted octanol–water partition coefficient (Wildman–Crippen LogP) is 2.85. The van der Waals surface area contributed by atoms with Gasteiger partial charge in [-0.1, -0.05) is 6.07 Å². The molecule has 2 amide bonds. The van der Waals surface area contributed by atoms with Gasteiger partial charge in [-0.3, -0.25) is 0 Å². The molecule has 0 heterocycles. The molecule has 1 aromatic rings. The van der Waals surface area contributed by atoms with E-state index in [1.807, 2.05) is 32.0 Å². The molecule has 0 aromatic heterocycles. The van der Waals surface area contributed by atoms with E-state index in [-0.39, 0.29) is 18.1 Å². The molecule has 2 unspecified atom stereocenters. The first kappa shape index (κ1) is 16.8. The summed E-state index contributed by atoms with van der Waals surface area (Å²) in [4.78, 5) is 11.8. The van der Waals surface area contributed by atoms with Crippen molar-refractivity contribution in [2.24, 2.45) is 0 Å². The van der Waals surface area contributed by atoms with Crippen LogP contribution < -0.4 is 15.4 Å². The van der Waals surface area contributed by atoms with Gasteiger partial charge in [-0.2, -0.15) is 0 Å². The Balaban J connectivity index is 2.60. The Kier molecular flexibility index (Phi) is 6.81. The molecule has 0 fully saturated rings. The van der Waals surface area contributed by atoms with Gasteiger partial charge in [0.05, 0.1) is 30.3 Å². The minimum absolute atomic E-state index is 0.0326. The van der Waals surface area contributed by atoms with E-state index in [9.17, 15) is 4.79 Å². The molecular formula is C14H21BrN2O3. The van der Waals surface area contributed by atoms with Crippen molar-refractivity contribution >= 4 is 22.0 Å². The number of methoxy groups -OCH3 is 2. The lowest BCUT2D eigenvalue weighted by Crippen LogP contribution is -2.43. The summed E-state index contributed by atoms with van der Waals surface area (Å²) in [7, 11) is 3.22. The number of halogens is 1. The summed E-state index contributed by atoms with van der Waals surface area (Å²) < 4.78 is 11.0. The summed E-state index contributed by atoms with van der Waals surface area (Å²) in [6.45, 7) is 4.29. The molecule has 0 aliphatic carbocycles. The van der Waals surface area contributed by atoms with Crippen LogP contribution in [-0.2, 0) is 4.74 Å². The van der Waals surface area contributed by atoms with Gasteiger partial charge >= 0.3 is 6.03 Å². The molecule has 0 saturated carbocycles. The smallest absolute Gasteiger partial charge is 0.315 e. The first-order chi connectivity index (χ1) is 9.47. The largest absolute Gasteiger partial charge is 0.496 e. The second kappa shape index (κ2) is 8.11. The number of benzene rings is 1. The molecule has 0 aliphatic rings. The third-order valence-electron chi connectivity index (χ3n) is 2.82. The van der Waals surface area contributed by atoms with Gasteiger partial charge in [-0.05, 0) is 47.5 Å². The highest BCUT2D eigenvalue weighted by molar-refractivity contribution is 9.10. The molecular weight excluding hydrogens is 324 g/mol. The van der Waals surface area contributed by atoms with Crippen molar-refractivity contribution in [1.82, 2.24) is 10.6 Å². The highest BCUT2D eigenvalue weighted by atomic mass is 79.9. The molecule has 2 atom stereocenters. The van der Waals surface area contributed by atoms with Crippen LogP contribution in [-0.4, -0.2) is 32.9 Å². The Morgan fingerprint density at radius 1 is 1.30 bits per heavy atom. The zero-order chi connectivity index (χ0) is 15.1. The lowest BCUT2D eigenvalue weighted by atomic mass is 10.1. The highest BCUT2D eigenvalue weighted by Crippen LogP contribution is 2.27. The average Bonchev–Trinajstić information content (AvgIpc) is 2.38. The fourth-order valence-electron chi connectivity index (χ4n) is 1.79. The number of carbonyl (C=O) groups is 1. The molecule has 112 valence electrons. The minimum atomic E-state index is -0.214. The molecule has 20 heavy (non-hydrogen) atoms. The molecule has 0 spiro atoms. The predicted molar refractivity (Wildman–Crippen MR) is 82.1 cm³/mol. The molecule has 0 radical (unpaired) electrons. The molecule has 2 N–H and O–H groups in total. The number of ether oxygens (including phenoxy) is 2. The first-order valence-electron chi connectivity index (χ1n) is 6.37. The summed E-state index contributed by atoms with van der Waals surface area (Å²) in [6, 6.07) is 5.37. The van der Waals surface area contributed by atoms with Gasteiger partial charge in [0.15, 0.2) is 0 Å². The van der Waals surface area contributed by atoms with Crippen molar-refractivity contribution in [3.05, 3.63) is 28.2 Å². The summed E-state index contributed by atoms with van der Waals surface area (Å²) >= 11 is 3.43. The van der Waals surface area contributed by atoms with E-state index in [4.69, 9.17) is 9.47 Å². The number of urea groups is 1. The molecule has 5 nitrogen and oxygen atoms in total. The lowest BCUT2D eigenvalue weighted by molar-refractivity contribution is 0.170. The number of hydrogen-bond donors (Lipinski definition) is 2. The Labute approximate surface area is 128 Å². The average molecular weight is 345 g/mol. The summed E-state index contributed by atoms with van der Waals surface area (Å²) in [6.07, 6.45) is 0. The number of rotatable bonds is 6. The first-order valence-corrected chi connectivity index (χ1v) is 7.16. The fraction of sp³-hybridized carbons (Fsp3) is 0.500. The van der Waals surface area contributed by atoms with Gasteiger partial charge in [0.25, 0.3) is 0 Å². The van der Waals surface area contributed by atoms with Gasteiger partial charge in [-0.15, -0.1) is 0 Å². The van der Waals surface area contributed by atoms with E-state index in [0.717, 1.165) is 15.8 Å². The maximum absolute atomic E-state index is 11.8. The van der Waals surface area contributed by atoms with Crippen LogP contribution in [0.4, 0.5) is 4.79 Å². The third kappa shape index (κ3) is 5.02. The van der Waals surface area contributed by atoms with Crippen LogP contribution in [0.2, 0.25) is 0 Å². The molecule has 0 saturated heterocycles. The third-order valence-corrected chi connectivity index (χ3v) is 3.44. The maximum atomic E-state index is 11.8. The van der Waals surface area contributed by atoms with Crippen LogP contribution >= 0.6 is 15.9 Å². The zero-order valence-corrected chi connectivity index (χ0v) is 13.8. The fourth-order valence-corrected chi connectivity index (χ4v) is 2.35. The van der Waals surface area contributed by atoms with Crippen LogP contribution in [0.5, 0.6) is 5.75 Å². The van der Waals surface area contributed by atoms with E-state index < -0.39 is 0 Å². The zero-order valence-electron chi connectivity index (χ0n) is 12.2. The van der Waals surface area contributed by atoms with Crippen molar-refractivity contribution in [2.45, 2.75) is 25.9 Å². The normalized spacial score (nSPS) is 13.4. The lowest BCUT2D eigenvalue weighted by Gasteiger charge is -2.18.